The summed E-state index contributed by atoms with van der Waals surface area (Å²) in [7, 11) is 0. The SMILES string of the molecule is C[C@H]1CCCC[C@@H]1NC(=O)COC(=O)c1cc(Cl)nc2ccccc12. The second kappa shape index (κ2) is 7.83. The molecular formula is C19H21ClN2O3. The van der Waals surface area contributed by atoms with Gasteiger partial charge in [-0.3, -0.25) is 4.79 Å². The fourth-order valence-electron chi connectivity index (χ4n) is 3.30. The van der Waals surface area contributed by atoms with Gasteiger partial charge in [-0.25, -0.2) is 9.78 Å². The molecule has 1 heterocycles. The van der Waals surface area contributed by atoms with Gasteiger partial charge in [0.15, 0.2) is 6.61 Å². The average Bonchev–Trinajstić information content (AvgIpc) is 2.61. The molecule has 2 aromatic rings. The highest BCUT2D eigenvalue weighted by molar-refractivity contribution is 6.30. The molecule has 1 saturated carbocycles. The van der Waals surface area contributed by atoms with Crippen LogP contribution in [0.2, 0.25) is 5.15 Å². The van der Waals surface area contributed by atoms with E-state index in [9.17, 15) is 9.59 Å². The van der Waals surface area contributed by atoms with Crippen molar-refractivity contribution in [3.63, 3.8) is 0 Å². The predicted molar refractivity (Wildman–Crippen MR) is 96.6 cm³/mol. The molecule has 0 aliphatic heterocycles. The third-order valence-electron chi connectivity index (χ3n) is 4.70. The first-order valence-electron chi connectivity index (χ1n) is 8.56. The van der Waals surface area contributed by atoms with Crippen LogP contribution < -0.4 is 5.32 Å². The average molecular weight is 361 g/mol. The molecule has 1 aromatic carbocycles. The van der Waals surface area contributed by atoms with E-state index < -0.39 is 5.97 Å². The number of benzene rings is 1. The maximum atomic E-state index is 12.4. The van der Waals surface area contributed by atoms with E-state index in [1.807, 2.05) is 12.1 Å². The zero-order valence-corrected chi connectivity index (χ0v) is 14.9. The van der Waals surface area contributed by atoms with E-state index in [-0.39, 0.29) is 23.7 Å². The highest BCUT2D eigenvalue weighted by Gasteiger charge is 2.23. The quantitative estimate of drug-likeness (QED) is 0.666. The lowest BCUT2D eigenvalue weighted by Gasteiger charge is -2.29. The van der Waals surface area contributed by atoms with Gasteiger partial charge in [0.1, 0.15) is 5.15 Å². The number of ether oxygens (including phenoxy) is 1. The Bertz CT molecular complexity index is 793. The number of carbonyl (C=O) groups is 2. The summed E-state index contributed by atoms with van der Waals surface area (Å²) in [6.45, 7) is 1.84. The monoisotopic (exact) mass is 360 g/mol. The number of nitrogens with zero attached hydrogens (tertiary/aromatic N) is 1. The second-order valence-corrected chi connectivity index (χ2v) is 6.91. The van der Waals surface area contributed by atoms with Crippen molar-refractivity contribution in [2.24, 2.45) is 5.92 Å². The van der Waals surface area contributed by atoms with Crippen LogP contribution in [0.5, 0.6) is 0 Å². The van der Waals surface area contributed by atoms with E-state index in [2.05, 4.69) is 17.2 Å². The molecule has 1 aliphatic carbocycles. The summed E-state index contributed by atoms with van der Waals surface area (Å²) in [6, 6.07) is 8.81. The van der Waals surface area contributed by atoms with Crippen molar-refractivity contribution in [1.82, 2.24) is 10.3 Å². The Morgan fingerprint density at radius 2 is 2.04 bits per heavy atom. The van der Waals surface area contributed by atoms with Crippen LogP contribution >= 0.6 is 11.6 Å². The second-order valence-electron chi connectivity index (χ2n) is 6.52. The van der Waals surface area contributed by atoms with Crippen LogP contribution in [0.25, 0.3) is 10.9 Å². The molecule has 0 spiro atoms. The predicted octanol–water partition coefficient (Wildman–Crippen LogP) is 3.74. The van der Waals surface area contributed by atoms with Gasteiger partial charge in [-0.1, -0.05) is 49.6 Å². The highest BCUT2D eigenvalue weighted by Crippen LogP contribution is 2.24. The summed E-state index contributed by atoms with van der Waals surface area (Å²) in [5.74, 6) is -0.389. The van der Waals surface area contributed by atoms with Gasteiger partial charge >= 0.3 is 5.97 Å². The molecule has 0 unspecified atom stereocenters. The summed E-state index contributed by atoms with van der Waals surface area (Å²) in [6.07, 6.45) is 4.42. The van der Waals surface area contributed by atoms with Crippen molar-refractivity contribution in [2.45, 2.75) is 38.6 Å². The number of nitrogens with one attached hydrogen (secondary N) is 1. The summed E-state index contributed by atoms with van der Waals surface area (Å²) >= 11 is 5.98. The zero-order chi connectivity index (χ0) is 17.8. The van der Waals surface area contributed by atoms with E-state index in [4.69, 9.17) is 16.3 Å². The molecule has 1 fully saturated rings. The molecule has 2 atom stereocenters. The number of halogens is 1. The molecule has 132 valence electrons. The van der Waals surface area contributed by atoms with Crippen molar-refractivity contribution in [1.29, 1.82) is 0 Å². The Morgan fingerprint density at radius 1 is 1.28 bits per heavy atom. The third-order valence-corrected chi connectivity index (χ3v) is 4.89. The van der Waals surface area contributed by atoms with Gasteiger partial charge in [-0.15, -0.1) is 0 Å². The maximum absolute atomic E-state index is 12.4. The van der Waals surface area contributed by atoms with E-state index in [1.54, 1.807) is 12.1 Å². The minimum atomic E-state index is -0.577. The van der Waals surface area contributed by atoms with Crippen LogP contribution in [0.1, 0.15) is 43.0 Å². The first-order chi connectivity index (χ1) is 12.0. The topological polar surface area (TPSA) is 68.3 Å². The number of carbonyl (C=O) groups excluding carboxylic acids is 2. The van der Waals surface area contributed by atoms with Gasteiger partial charge < -0.3 is 10.1 Å². The summed E-state index contributed by atoms with van der Waals surface area (Å²) < 4.78 is 5.19. The van der Waals surface area contributed by atoms with Gasteiger partial charge in [-0.05, 0) is 30.9 Å². The maximum Gasteiger partial charge on any atom is 0.339 e. The van der Waals surface area contributed by atoms with Crippen LogP contribution in [-0.2, 0) is 9.53 Å². The number of amides is 1. The number of hydrogen-bond acceptors (Lipinski definition) is 4. The molecule has 1 N–H and O–H groups in total. The molecule has 0 radical (unpaired) electrons. The van der Waals surface area contributed by atoms with E-state index in [0.29, 0.717) is 22.4 Å². The van der Waals surface area contributed by atoms with Gasteiger partial charge in [-0.2, -0.15) is 0 Å². The fraction of sp³-hybridized carbons (Fsp3) is 0.421. The molecular weight excluding hydrogens is 340 g/mol. The normalized spacial score (nSPS) is 20.2. The summed E-state index contributed by atoms with van der Waals surface area (Å²) in [5, 5.41) is 3.83. The van der Waals surface area contributed by atoms with E-state index >= 15 is 0 Å². The van der Waals surface area contributed by atoms with Crippen molar-refractivity contribution < 1.29 is 14.3 Å². The van der Waals surface area contributed by atoms with Crippen LogP contribution in [0.3, 0.4) is 0 Å². The summed E-state index contributed by atoms with van der Waals surface area (Å²) in [4.78, 5) is 28.7. The van der Waals surface area contributed by atoms with Crippen molar-refractivity contribution in [2.75, 3.05) is 6.61 Å². The van der Waals surface area contributed by atoms with Gasteiger partial charge in [0.05, 0.1) is 11.1 Å². The van der Waals surface area contributed by atoms with Crippen LogP contribution in [0.4, 0.5) is 0 Å². The number of hydrogen-bond donors (Lipinski definition) is 1. The Hall–Kier alpha value is -2.14. The molecule has 6 heteroatoms. The van der Waals surface area contributed by atoms with E-state index in [0.717, 1.165) is 19.3 Å². The largest absolute Gasteiger partial charge is 0.452 e. The fourth-order valence-corrected chi connectivity index (χ4v) is 3.50. The molecule has 3 rings (SSSR count). The number of para-hydroxylation sites is 1. The first kappa shape index (κ1) is 17.7. The lowest BCUT2D eigenvalue weighted by atomic mass is 9.86. The molecule has 0 bridgehead atoms. The molecule has 0 saturated heterocycles. The van der Waals surface area contributed by atoms with Crippen molar-refractivity contribution in [3.8, 4) is 0 Å². The van der Waals surface area contributed by atoms with Crippen molar-refractivity contribution in [3.05, 3.63) is 41.0 Å². The molecule has 25 heavy (non-hydrogen) atoms. The number of aromatic nitrogens is 1. The van der Waals surface area contributed by atoms with Crippen LogP contribution in [0, 0.1) is 5.92 Å². The lowest BCUT2D eigenvalue weighted by Crippen LogP contribution is -2.42. The molecule has 1 aliphatic rings. The smallest absolute Gasteiger partial charge is 0.339 e. The Labute approximate surface area is 151 Å². The van der Waals surface area contributed by atoms with Crippen LogP contribution in [0.15, 0.2) is 30.3 Å². The number of rotatable bonds is 4. The van der Waals surface area contributed by atoms with Gasteiger partial charge in [0.25, 0.3) is 5.91 Å². The van der Waals surface area contributed by atoms with Crippen LogP contribution in [-0.4, -0.2) is 29.5 Å². The Morgan fingerprint density at radius 3 is 2.84 bits per heavy atom. The van der Waals surface area contributed by atoms with Gasteiger partial charge in [0, 0.05) is 11.4 Å². The number of esters is 1. The molecule has 1 amide bonds. The Balaban J connectivity index is 1.64. The molecule has 5 nitrogen and oxygen atoms in total. The third kappa shape index (κ3) is 4.28. The number of pyridine rings is 1. The van der Waals surface area contributed by atoms with Crippen molar-refractivity contribution >= 4 is 34.4 Å². The van der Waals surface area contributed by atoms with Gasteiger partial charge in [0.2, 0.25) is 0 Å². The standard InChI is InChI=1S/C19H21ClN2O3/c1-12-6-2-4-8-15(12)22-18(23)11-25-19(24)14-10-17(20)21-16-9-5-3-7-13(14)16/h3,5,7,9-10,12,15H,2,4,6,8,11H2,1H3,(H,22,23)/t12-,15-/m0/s1. The Kier molecular flexibility index (Phi) is 5.53. The first-order valence-corrected chi connectivity index (χ1v) is 8.94. The lowest BCUT2D eigenvalue weighted by molar-refractivity contribution is -0.125. The highest BCUT2D eigenvalue weighted by atomic mass is 35.5. The molecule has 1 aromatic heterocycles. The minimum absolute atomic E-state index is 0.163. The number of fused-ring (bicyclic) bond motifs is 1. The minimum Gasteiger partial charge on any atom is -0.452 e. The zero-order valence-electron chi connectivity index (χ0n) is 14.1. The van der Waals surface area contributed by atoms with E-state index in [1.165, 1.54) is 12.5 Å². The summed E-state index contributed by atoms with van der Waals surface area (Å²) in [5.41, 5.74) is 0.928.